The highest BCUT2D eigenvalue weighted by molar-refractivity contribution is 6.31. The van der Waals surface area contributed by atoms with Crippen LogP contribution in [0.3, 0.4) is 0 Å². The van der Waals surface area contributed by atoms with E-state index in [0.29, 0.717) is 5.02 Å². The van der Waals surface area contributed by atoms with Crippen molar-refractivity contribution >= 4 is 23.7 Å². The lowest BCUT2D eigenvalue weighted by Crippen LogP contribution is -2.45. The van der Waals surface area contributed by atoms with Crippen molar-refractivity contribution in [3.63, 3.8) is 0 Å². The van der Waals surface area contributed by atoms with Crippen molar-refractivity contribution in [3.05, 3.63) is 28.8 Å². The average Bonchev–Trinajstić information content (AvgIpc) is 2.41. The number of carboxylic acids is 1. The minimum Gasteiger partial charge on any atom is -0.491 e. The van der Waals surface area contributed by atoms with Crippen molar-refractivity contribution < 1.29 is 24.2 Å². The van der Waals surface area contributed by atoms with E-state index in [-0.39, 0.29) is 29.9 Å². The standard InChI is InChI=1S/C17H24ClNO5/c1-10(2)13(19-16(22)24-17(3,4)5)9-23-14-7-6-11(18)8-12(14)15(20)21/h6-8,10,13H,9H2,1-5H3,(H,19,22)(H,20,21)/t13-/m1/s1. The summed E-state index contributed by atoms with van der Waals surface area (Å²) in [5.74, 6) is -0.865. The van der Waals surface area contributed by atoms with Gasteiger partial charge in [-0.25, -0.2) is 9.59 Å². The van der Waals surface area contributed by atoms with Gasteiger partial charge in [-0.05, 0) is 44.9 Å². The molecule has 1 aromatic rings. The van der Waals surface area contributed by atoms with Gasteiger partial charge in [0.15, 0.2) is 0 Å². The van der Waals surface area contributed by atoms with Crippen LogP contribution in [0.1, 0.15) is 45.0 Å². The predicted octanol–water partition coefficient (Wildman–Crippen LogP) is 3.97. The van der Waals surface area contributed by atoms with Gasteiger partial charge < -0.3 is 19.9 Å². The van der Waals surface area contributed by atoms with Gasteiger partial charge in [-0.3, -0.25) is 0 Å². The van der Waals surface area contributed by atoms with Gasteiger partial charge in [0, 0.05) is 5.02 Å². The molecule has 0 aliphatic heterocycles. The maximum Gasteiger partial charge on any atom is 0.407 e. The summed E-state index contributed by atoms with van der Waals surface area (Å²) in [6.45, 7) is 9.29. The minimum atomic E-state index is -1.13. The summed E-state index contributed by atoms with van der Waals surface area (Å²) >= 11 is 5.81. The third kappa shape index (κ3) is 6.66. The van der Waals surface area contributed by atoms with Gasteiger partial charge >= 0.3 is 12.1 Å². The van der Waals surface area contributed by atoms with Crippen LogP contribution >= 0.6 is 11.6 Å². The third-order valence-electron chi connectivity index (χ3n) is 3.10. The van der Waals surface area contributed by atoms with E-state index in [9.17, 15) is 14.7 Å². The second-order valence-electron chi connectivity index (χ2n) is 6.75. The number of ether oxygens (including phenoxy) is 2. The molecule has 0 bridgehead atoms. The number of halogens is 1. The van der Waals surface area contributed by atoms with Crippen molar-refractivity contribution in [2.45, 2.75) is 46.3 Å². The highest BCUT2D eigenvalue weighted by Gasteiger charge is 2.23. The van der Waals surface area contributed by atoms with Gasteiger partial charge in [-0.2, -0.15) is 0 Å². The Hall–Kier alpha value is -1.95. The molecule has 1 amide bonds. The van der Waals surface area contributed by atoms with Crippen LogP contribution in [0.2, 0.25) is 5.02 Å². The first-order valence-electron chi connectivity index (χ1n) is 7.64. The summed E-state index contributed by atoms with van der Waals surface area (Å²) < 4.78 is 10.8. The molecule has 1 rings (SSSR count). The average molecular weight is 358 g/mol. The lowest BCUT2D eigenvalue weighted by Gasteiger charge is -2.26. The van der Waals surface area contributed by atoms with E-state index in [1.807, 2.05) is 13.8 Å². The molecule has 0 unspecified atom stereocenters. The largest absolute Gasteiger partial charge is 0.491 e. The summed E-state index contributed by atoms with van der Waals surface area (Å²) in [5, 5.41) is 12.3. The van der Waals surface area contributed by atoms with Crippen LogP contribution in [0, 0.1) is 5.92 Å². The number of carbonyl (C=O) groups is 2. The summed E-state index contributed by atoms with van der Waals surface area (Å²) in [6.07, 6.45) is -0.542. The molecule has 6 nitrogen and oxygen atoms in total. The van der Waals surface area contributed by atoms with E-state index < -0.39 is 17.7 Å². The van der Waals surface area contributed by atoms with Gasteiger partial charge in [0.2, 0.25) is 0 Å². The fourth-order valence-corrected chi connectivity index (χ4v) is 2.01. The van der Waals surface area contributed by atoms with Crippen LogP contribution in [0.4, 0.5) is 4.79 Å². The van der Waals surface area contributed by atoms with E-state index in [1.54, 1.807) is 26.8 Å². The Bertz CT molecular complexity index is 595. The van der Waals surface area contributed by atoms with Gasteiger partial charge in [0.25, 0.3) is 0 Å². The van der Waals surface area contributed by atoms with Crippen LogP contribution in [0.25, 0.3) is 0 Å². The number of nitrogens with one attached hydrogen (secondary N) is 1. The van der Waals surface area contributed by atoms with E-state index in [4.69, 9.17) is 21.1 Å². The number of aromatic carboxylic acids is 1. The summed E-state index contributed by atoms with van der Waals surface area (Å²) in [5.41, 5.74) is -0.624. The highest BCUT2D eigenvalue weighted by atomic mass is 35.5. The summed E-state index contributed by atoms with van der Waals surface area (Å²) in [6, 6.07) is 4.04. The molecule has 0 heterocycles. The van der Waals surface area contributed by atoms with E-state index in [0.717, 1.165) is 0 Å². The molecule has 2 N–H and O–H groups in total. The van der Waals surface area contributed by atoms with Crippen molar-refractivity contribution in [2.75, 3.05) is 6.61 Å². The zero-order chi connectivity index (χ0) is 18.5. The first-order valence-corrected chi connectivity index (χ1v) is 8.02. The van der Waals surface area contributed by atoms with Crippen LogP contribution in [-0.2, 0) is 4.74 Å². The third-order valence-corrected chi connectivity index (χ3v) is 3.33. The first kappa shape index (κ1) is 20.1. The molecule has 7 heteroatoms. The van der Waals surface area contributed by atoms with E-state index in [1.165, 1.54) is 12.1 Å². The van der Waals surface area contributed by atoms with Crippen LogP contribution in [0.5, 0.6) is 5.75 Å². The lowest BCUT2D eigenvalue weighted by molar-refractivity contribution is 0.0466. The Kier molecular flexibility index (Phi) is 6.90. The number of hydrogen-bond acceptors (Lipinski definition) is 4. The van der Waals surface area contributed by atoms with Crippen LogP contribution in [-0.4, -0.2) is 35.4 Å². The zero-order valence-electron chi connectivity index (χ0n) is 14.6. The van der Waals surface area contributed by atoms with Gasteiger partial charge in [0.05, 0.1) is 6.04 Å². The molecular formula is C17H24ClNO5. The number of benzene rings is 1. The quantitative estimate of drug-likeness (QED) is 0.804. The minimum absolute atomic E-state index is 0.0257. The van der Waals surface area contributed by atoms with Gasteiger partial charge in [0.1, 0.15) is 23.5 Å². The van der Waals surface area contributed by atoms with Crippen molar-refractivity contribution in [2.24, 2.45) is 5.92 Å². The van der Waals surface area contributed by atoms with Crippen molar-refractivity contribution in [1.29, 1.82) is 0 Å². The Labute approximate surface area is 147 Å². The molecule has 1 aromatic carbocycles. The molecule has 0 aliphatic carbocycles. The summed E-state index contributed by atoms with van der Waals surface area (Å²) in [4.78, 5) is 23.2. The number of hydrogen-bond donors (Lipinski definition) is 2. The Morgan fingerprint density at radius 1 is 1.29 bits per heavy atom. The lowest BCUT2D eigenvalue weighted by atomic mass is 10.1. The molecule has 0 fully saturated rings. The number of alkyl carbamates (subject to hydrolysis) is 1. The molecular weight excluding hydrogens is 334 g/mol. The molecule has 0 radical (unpaired) electrons. The zero-order valence-corrected chi connectivity index (χ0v) is 15.3. The second kappa shape index (κ2) is 8.24. The first-order chi connectivity index (χ1) is 11.0. The monoisotopic (exact) mass is 357 g/mol. The fourth-order valence-electron chi connectivity index (χ4n) is 1.83. The smallest absolute Gasteiger partial charge is 0.407 e. The van der Waals surface area contributed by atoms with Crippen molar-refractivity contribution in [1.82, 2.24) is 5.32 Å². The Morgan fingerprint density at radius 3 is 2.42 bits per heavy atom. The normalized spacial score (nSPS) is 12.6. The second-order valence-corrected chi connectivity index (χ2v) is 7.19. The van der Waals surface area contributed by atoms with E-state index >= 15 is 0 Å². The molecule has 0 aliphatic rings. The number of rotatable bonds is 6. The number of amides is 1. The number of carbonyl (C=O) groups excluding carboxylic acids is 1. The van der Waals surface area contributed by atoms with Crippen molar-refractivity contribution in [3.8, 4) is 5.75 Å². The topological polar surface area (TPSA) is 84.9 Å². The maximum atomic E-state index is 11.9. The predicted molar refractivity (Wildman–Crippen MR) is 91.9 cm³/mol. The summed E-state index contributed by atoms with van der Waals surface area (Å²) in [7, 11) is 0. The molecule has 0 aromatic heterocycles. The molecule has 0 spiro atoms. The van der Waals surface area contributed by atoms with E-state index in [2.05, 4.69) is 5.32 Å². The maximum absolute atomic E-state index is 11.9. The number of carboxylic acid groups (broad SMARTS) is 1. The van der Waals surface area contributed by atoms with Crippen LogP contribution in [0.15, 0.2) is 18.2 Å². The SMILES string of the molecule is CC(C)[C@@H](COc1ccc(Cl)cc1C(=O)O)NC(=O)OC(C)(C)C. The molecule has 0 saturated heterocycles. The van der Waals surface area contributed by atoms with Crippen LogP contribution < -0.4 is 10.1 Å². The molecule has 134 valence electrons. The highest BCUT2D eigenvalue weighted by Crippen LogP contribution is 2.23. The van der Waals surface area contributed by atoms with Gasteiger partial charge in [-0.1, -0.05) is 25.4 Å². The fraction of sp³-hybridized carbons (Fsp3) is 0.529. The molecule has 24 heavy (non-hydrogen) atoms. The molecule has 1 atom stereocenters. The molecule has 0 saturated carbocycles. The Morgan fingerprint density at radius 2 is 1.92 bits per heavy atom. The van der Waals surface area contributed by atoms with Gasteiger partial charge in [-0.15, -0.1) is 0 Å². The Balaban J connectivity index is 2.78.